The lowest BCUT2D eigenvalue weighted by Crippen LogP contribution is -2.06. The van der Waals surface area contributed by atoms with Crippen molar-refractivity contribution in [3.05, 3.63) is 151 Å². The smallest absolute Gasteiger partial charge is 0.330 e. The van der Waals surface area contributed by atoms with Crippen molar-refractivity contribution in [3.8, 4) is 0 Å². The molecule has 0 unspecified atom stereocenters. The standard InChI is InChI=1S/C40H46O3/c1-10-40(41)43-24-39-26(3)12-14-34(32(39)9)19-36-21-38(31(8)17-29(36)6)23-42-22-37-20-35(28(5)16-30(37)7)18-33-13-11-25(2)15-27(33)4/h10-17,20-21H,1,18-19,22-24H2,2-9H3. The van der Waals surface area contributed by atoms with Crippen LogP contribution in [0, 0.1) is 55.4 Å². The van der Waals surface area contributed by atoms with Gasteiger partial charge in [-0.05, 0) is 146 Å². The molecule has 3 nitrogen and oxygen atoms in total. The highest BCUT2D eigenvalue weighted by atomic mass is 16.5. The summed E-state index contributed by atoms with van der Waals surface area (Å²) in [5, 5.41) is 0. The highest BCUT2D eigenvalue weighted by molar-refractivity contribution is 5.81. The van der Waals surface area contributed by atoms with Crippen molar-refractivity contribution < 1.29 is 14.3 Å². The van der Waals surface area contributed by atoms with Crippen molar-refractivity contribution in [1.29, 1.82) is 0 Å². The molecule has 0 atom stereocenters. The molecule has 0 saturated heterocycles. The summed E-state index contributed by atoms with van der Waals surface area (Å²) in [6.07, 6.45) is 2.95. The van der Waals surface area contributed by atoms with E-state index in [0.29, 0.717) is 13.2 Å². The number of carbonyl (C=O) groups excluding carboxylic acids is 1. The van der Waals surface area contributed by atoms with E-state index >= 15 is 0 Å². The van der Waals surface area contributed by atoms with Crippen LogP contribution in [0.5, 0.6) is 0 Å². The Hall–Kier alpha value is -3.95. The Morgan fingerprint density at radius 2 is 1.09 bits per heavy atom. The van der Waals surface area contributed by atoms with Gasteiger partial charge in [-0.1, -0.05) is 66.7 Å². The van der Waals surface area contributed by atoms with Crippen molar-refractivity contribution >= 4 is 5.97 Å². The van der Waals surface area contributed by atoms with Gasteiger partial charge in [-0.15, -0.1) is 0 Å². The average Bonchev–Trinajstić information content (AvgIpc) is 2.95. The number of ether oxygens (including phenoxy) is 2. The summed E-state index contributed by atoms with van der Waals surface area (Å²) in [6, 6.07) is 20.2. The van der Waals surface area contributed by atoms with Crippen LogP contribution in [0.25, 0.3) is 0 Å². The predicted octanol–water partition coefficient (Wildman–Crippen LogP) is 9.28. The molecule has 43 heavy (non-hydrogen) atoms. The fourth-order valence-corrected chi connectivity index (χ4v) is 5.87. The Kier molecular flexibility index (Phi) is 10.4. The van der Waals surface area contributed by atoms with Crippen LogP contribution in [-0.2, 0) is 46.9 Å². The van der Waals surface area contributed by atoms with E-state index in [-0.39, 0.29) is 6.61 Å². The maximum atomic E-state index is 11.7. The van der Waals surface area contributed by atoms with Gasteiger partial charge >= 0.3 is 5.97 Å². The number of aryl methyl sites for hydroxylation is 7. The summed E-state index contributed by atoms with van der Waals surface area (Å²) in [5.74, 6) is -0.401. The van der Waals surface area contributed by atoms with Crippen LogP contribution in [0.2, 0.25) is 0 Å². The van der Waals surface area contributed by atoms with Gasteiger partial charge in [0.1, 0.15) is 6.61 Å². The largest absolute Gasteiger partial charge is 0.458 e. The number of esters is 1. The fourth-order valence-electron chi connectivity index (χ4n) is 5.87. The Labute approximate surface area is 258 Å². The molecule has 0 spiro atoms. The van der Waals surface area contributed by atoms with Crippen LogP contribution in [0.15, 0.2) is 67.3 Å². The molecule has 224 valence electrons. The van der Waals surface area contributed by atoms with Crippen molar-refractivity contribution in [2.45, 2.75) is 88.1 Å². The topological polar surface area (TPSA) is 35.5 Å². The van der Waals surface area contributed by atoms with Gasteiger partial charge < -0.3 is 9.47 Å². The minimum absolute atomic E-state index is 0.257. The first-order valence-corrected chi connectivity index (χ1v) is 15.2. The summed E-state index contributed by atoms with van der Waals surface area (Å²) in [6.45, 7) is 22.2. The number of hydrogen-bond acceptors (Lipinski definition) is 3. The van der Waals surface area contributed by atoms with Crippen molar-refractivity contribution in [2.75, 3.05) is 0 Å². The molecule has 4 aromatic rings. The lowest BCUT2D eigenvalue weighted by molar-refractivity contribution is -0.139. The third-order valence-corrected chi connectivity index (χ3v) is 8.83. The quantitative estimate of drug-likeness (QED) is 0.132. The SMILES string of the molecule is C=CC(=O)OCc1c(C)ccc(Cc2cc(COCc3cc(Cc4ccc(C)cc4C)c(C)cc3C)c(C)cc2C)c1C. The Bertz CT molecular complexity index is 1660. The second-order valence-corrected chi connectivity index (χ2v) is 12.1. The lowest BCUT2D eigenvalue weighted by atomic mass is 9.91. The summed E-state index contributed by atoms with van der Waals surface area (Å²) in [5.41, 5.74) is 18.8. The maximum absolute atomic E-state index is 11.7. The van der Waals surface area contributed by atoms with E-state index in [1.165, 1.54) is 78.4 Å². The van der Waals surface area contributed by atoms with E-state index in [9.17, 15) is 4.79 Å². The first-order valence-electron chi connectivity index (χ1n) is 15.2. The Balaban J connectivity index is 1.49. The zero-order valence-corrected chi connectivity index (χ0v) is 27.2. The van der Waals surface area contributed by atoms with Crippen LogP contribution < -0.4 is 0 Å². The highest BCUT2D eigenvalue weighted by Crippen LogP contribution is 2.26. The molecule has 0 N–H and O–H groups in total. The summed E-state index contributed by atoms with van der Waals surface area (Å²) in [4.78, 5) is 11.7. The maximum Gasteiger partial charge on any atom is 0.330 e. The monoisotopic (exact) mass is 574 g/mol. The van der Waals surface area contributed by atoms with Gasteiger partial charge in [0.2, 0.25) is 0 Å². The van der Waals surface area contributed by atoms with Crippen molar-refractivity contribution in [2.24, 2.45) is 0 Å². The molecule has 0 aliphatic rings. The average molecular weight is 575 g/mol. The summed E-state index contributed by atoms with van der Waals surface area (Å²) in [7, 11) is 0. The molecule has 4 rings (SSSR count). The third-order valence-electron chi connectivity index (χ3n) is 8.83. The summed E-state index contributed by atoms with van der Waals surface area (Å²) >= 11 is 0. The van der Waals surface area contributed by atoms with Gasteiger partial charge in [0, 0.05) is 6.08 Å². The summed E-state index contributed by atoms with van der Waals surface area (Å²) < 4.78 is 11.7. The molecule has 0 amide bonds. The number of carbonyl (C=O) groups is 1. The predicted molar refractivity (Wildman–Crippen MR) is 178 cm³/mol. The number of hydrogen-bond donors (Lipinski definition) is 0. The molecule has 0 heterocycles. The minimum Gasteiger partial charge on any atom is -0.458 e. The second-order valence-electron chi connectivity index (χ2n) is 12.1. The molecule has 0 bridgehead atoms. The van der Waals surface area contributed by atoms with Gasteiger partial charge in [0.15, 0.2) is 0 Å². The lowest BCUT2D eigenvalue weighted by Gasteiger charge is -2.18. The van der Waals surface area contributed by atoms with Crippen LogP contribution in [0.1, 0.15) is 83.5 Å². The fraction of sp³-hybridized carbons (Fsp3) is 0.325. The first kappa shape index (κ1) is 32.0. The van der Waals surface area contributed by atoms with Crippen LogP contribution in [-0.4, -0.2) is 5.97 Å². The van der Waals surface area contributed by atoms with E-state index in [1.807, 2.05) is 0 Å². The van der Waals surface area contributed by atoms with Gasteiger partial charge in [0.05, 0.1) is 13.2 Å². The zero-order valence-electron chi connectivity index (χ0n) is 27.2. The van der Waals surface area contributed by atoms with Crippen LogP contribution in [0.4, 0.5) is 0 Å². The van der Waals surface area contributed by atoms with Gasteiger partial charge in [-0.2, -0.15) is 0 Å². The number of rotatable bonds is 11. The van der Waals surface area contributed by atoms with Gasteiger partial charge in [0.25, 0.3) is 0 Å². The highest BCUT2D eigenvalue weighted by Gasteiger charge is 2.13. The van der Waals surface area contributed by atoms with E-state index in [1.54, 1.807) is 0 Å². The molecule has 0 aliphatic heterocycles. The molecule has 4 aromatic carbocycles. The number of benzene rings is 4. The third kappa shape index (κ3) is 7.91. The molecule has 0 radical (unpaired) electrons. The normalized spacial score (nSPS) is 11.1. The molecule has 0 aliphatic carbocycles. The Morgan fingerprint density at radius 1 is 0.581 bits per heavy atom. The first-order chi connectivity index (χ1) is 20.5. The molecular formula is C40H46O3. The minimum atomic E-state index is -0.401. The van der Waals surface area contributed by atoms with E-state index in [0.717, 1.165) is 24.0 Å². The van der Waals surface area contributed by atoms with Gasteiger partial charge in [-0.3, -0.25) is 0 Å². The molecule has 0 aromatic heterocycles. The molecule has 3 heteroatoms. The van der Waals surface area contributed by atoms with E-state index < -0.39 is 5.97 Å². The van der Waals surface area contributed by atoms with Crippen molar-refractivity contribution in [3.63, 3.8) is 0 Å². The van der Waals surface area contributed by atoms with E-state index in [2.05, 4.69) is 117 Å². The second kappa shape index (κ2) is 14.0. The zero-order chi connectivity index (χ0) is 31.3. The molecule has 0 saturated carbocycles. The van der Waals surface area contributed by atoms with E-state index in [4.69, 9.17) is 9.47 Å². The van der Waals surface area contributed by atoms with Crippen molar-refractivity contribution in [1.82, 2.24) is 0 Å². The van der Waals surface area contributed by atoms with Crippen LogP contribution in [0.3, 0.4) is 0 Å². The van der Waals surface area contributed by atoms with Gasteiger partial charge in [-0.25, -0.2) is 4.79 Å². The molecular weight excluding hydrogens is 528 g/mol. The molecule has 0 fully saturated rings. The van der Waals surface area contributed by atoms with Crippen LogP contribution >= 0.6 is 0 Å². The Morgan fingerprint density at radius 3 is 1.65 bits per heavy atom.